The van der Waals surface area contributed by atoms with E-state index in [0.717, 1.165) is 28.8 Å². The minimum absolute atomic E-state index is 0.0155. The van der Waals surface area contributed by atoms with Crippen LogP contribution in [0.25, 0.3) is 0 Å². The summed E-state index contributed by atoms with van der Waals surface area (Å²) >= 11 is 5.80. The fourth-order valence-corrected chi connectivity index (χ4v) is 5.15. The Morgan fingerprint density at radius 3 is 2.70 bits per heavy atom. The maximum absolute atomic E-state index is 13.5. The van der Waals surface area contributed by atoms with E-state index in [4.69, 9.17) is 11.6 Å². The summed E-state index contributed by atoms with van der Waals surface area (Å²) in [5.41, 5.74) is 2.98. The summed E-state index contributed by atoms with van der Waals surface area (Å²) in [6.07, 6.45) is 3.65. The molecule has 0 amide bonds. The summed E-state index contributed by atoms with van der Waals surface area (Å²) in [5, 5.41) is 4.01. The minimum atomic E-state index is -3.82. The maximum Gasteiger partial charge on any atom is 0.243 e. The molecule has 1 aliphatic rings. The lowest BCUT2D eigenvalue weighted by molar-refractivity contribution is 0.371. The van der Waals surface area contributed by atoms with E-state index in [9.17, 15) is 12.8 Å². The first-order valence-electron chi connectivity index (χ1n) is 8.38. The van der Waals surface area contributed by atoms with Gasteiger partial charge in [0.15, 0.2) is 0 Å². The van der Waals surface area contributed by atoms with Gasteiger partial charge in [-0.2, -0.15) is 9.40 Å². The van der Waals surface area contributed by atoms with E-state index in [1.807, 2.05) is 37.5 Å². The summed E-state index contributed by atoms with van der Waals surface area (Å²) in [4.78, 5) is -0.0155. The largest absolute Gasteiger partial charge is 0.276 e. The molecule has 1 unspecified atom stereocenters. The van der Waals surface area contributed by atoms with Crippen LogP contribution in [0.1, 0.15) is 22.6 Å². The Balaban J connectivity index is 1.77. The van der Waals surface area contributed by atoms with E-state index in [2.05, 4.69) is 5.10 Å². The molecule has 2 heterocycles. The van der Waals surface area contributed by atoms with E-state index < -0.39 is 15.8 Å². The molecule has 0 fully saturated rings. The minimum Gasteiger partial charge on any atom is -0.276 e. The molecule has 0 bridgehead atoms. The van der Waals surface area contributed by atoms with Crippen molar-refractivity contribution >= 4 is 21.6 Å². The van der Waals surface area contributed by atoms with Gasteiger partial charge in [-0.05, 0) is 34.9 Å². The van der Waals surface area contributed by atoms with Crippen LogP contribution in [0.2, 0.25) is 5.02 Å². The fourth-order valence-electron chi connectivity index (χ4n) is 3.45. The van der Waals surface area contributed by atoms with Crippen molar-refractivity contribution in [1.29, 1.82) is 0 Å². The molecule has 0 saturated carbocycles. The van der Waals surface area contributed by atoms with Crippen LogP contribution in [0.15, 0.2) is 59.8 Å². The second-order valence-electron chi connectivity index (χ2n) is 6.57. The van der Waals surface area contributed by atoms with Gasteiger partial charge in [0.05, 0.1) is 16.1 Å². The molecule has 8 heteroatoms. The number of nitrogens with zero attached hydrogens (tertiary/aromatic N) is 3. The number of hydrogen-bond acceptors (Lipinski definition) is 3. The van der Waals surface area contributed by atoms with Crippen LogP contribution in [-0.4, -0.2) is 29.0 Å². The summed E-state index contributed by atoms with van der Waals surface area (Å²) in [7, 11) is -2.00. The number of benzene rings is 2. The predicted molar refractivity (Wildman–Crippen MR) is 100 cm³/mol. The molecule has 5 nitrogen and oxygen atoms in total. The Morgan fingerprint density at radius 1 is 1.22 bits per heavy atom. The Bertz CT molecular complexity index is 1110. The summed E-state index contributed by atoms with van der Waals surface area (Å²) in [5.74, 6) is -0.776. The molecular formula is C19H17ClFN3O2S. The van der Waals surface area contributed by atoms with Crippen molar-refractivity contribution in [3.8, 4) is 0 Å². The zero-order valence-electron chi connectivity index (χ0n) is 14.5. The molecule has 1 atom stereocenters. The standard InChI is InChI=1S/C19H17ClFN3O2S/c1-23-10-14(9-22-23)17-12-24(11-13-4-2-3-5-16(13)17)27(25,26)15-6-7-19(21)18(20)8-15/h2-10,17H,11-12H2,1H3. The van der Waals surface area contributed by atoms with Crippen LogP contribution in [0.5, 0.6) is 0 Å². The molecule has 3 aromatic rings. The number of rotatable bonds is 3. The molecule has 1 aliphatic heterocycles. The van der Waals surface area contributed by atoms with Gasteiger partial charge in [0.1, 0.15) is 5.82 Å². The lowest BCUT2D eigenvalue weighted by Gasteiger charge is -2.33. The Morgan fingerprint density at radius 2 is 2.00 bits per heavy atom. The third kappa shape index (κ3) is 3.26. The Hall–Kier alpha value is -2.22. The molecule has 0 saturated heterocycles. The van der Waals surface area contributed by atoms with Crippen molar-refractivity contribution in [3.05, 3.63) is 82.4 Å². The number of hydrogen-bond donors (Lipinski definition) is 0. The molecule has 4 rings (SSSR count). The quantitative estimate of drug-likeness (QED) is 0.669. The lowest BCUT2D eigenvalue weighted by atomic mass is 9.87. The normalized spacial score (nSPS) is 17.7. The van der Waals surface area contributed by atoms with Crippen molar-refractivity contribution in [1.82, 2.24) is 14.1 Å². The second-order valence-corrected chi connectivity index (χ2v) is 8.92. The van der Waals surface area contributed by atoms with Gasteiger partial charge in [0.25, 0.3) is 0 Å². The number of aryl methyl sites for hydroxylation is 1. The van der Waals surface area contributed by atoms with Gasteiger partial charge >= 0.3 is 0 Å². The highest BCUT2D eigenvalue weighted by atomic mass is 35.5. The molecule has 0 N–H and O–H groups in total. The van der Waals surface area contributed by atoms with Gasteiger partial charge < -0.3 is 0 Å². The number of aromatic nitrogens is 2. The highest BCUT2D eigenvalue weighted by Crippen LogP contribution is 2.36. The van der Waals surface area contributed by atoms with Crippen molar-refractivity contribution in [2.24, 2.45) is 7.05 Å². The molecule has 1 aromatic heterocycles. The first kappa shape index (κ1) is 18.2. The van der Waals surface area contributed by atoms with Crippen molar-refractivity contribution in [3.63, 3.8) is 0 Å². The topological polar surface area (TPSA) is 55.2 Å². The first-order chi connectivity index (χ1) is 12.9. The van der Waals surface area contributed by atoms with Gasteiger partial charge in [-0.15, -0.1) is 0 Å². The molecule has 27 heavy (non-hydrogen) atoms. The monoisotopic (exact) mass is 405 g/mol. The average molecular weight is 406 g/mol. The summed E-state index contributed by atoms with van der Waals surface area (Å²) < 4.78 is 42.9. The van der Waals surface area contributed by atoms with E-state index in [-0.39, 0.29) is 28.9 Å². The molecule has 2 aromatic carbocycles. The number of halogens is 2. The van der Waals surface area contributed by atoms with Crippen LogP contribution < -0.4 is 0 Å². The molecule has 0 aliphatic carbocycles. The van der Waals surface area contributed by atoms with Crippen molar-refractivity contribution < 1.29 is 12.8 Å². The van der Waals surface area contributed by atoms with E-state index in [1.54, 1.807) is 10.9 Å². The molecule has 140 valence electrons. The zero-order valence-corrected chi connectivity index (χ0v) is 16.1. The van der Waals surface area contributed by atoms with Gasteiger partial charge in [0, 0.05) is 32.3 Å². The van der Waals surface area contributed by atoms with E-state index in [1.165, 1.54) is 10.4 Å². The first-order valence-corrected chi connectivity index (χ1v) is 10.2. The van der Waals surface area contributed by atoms with E-state index in [0.29, 0.717) is 0 Å². The zero-order chi connectivity index (χ0) is 19.2. The van der Waals surface area contributed by atoms with Crippen molar-refractivity contribution in [2.45, 2.75) is 17.4 Å². The lowest BCUT2D eigenvalue weighted by Crippen LogP contribution is -2.38. The Kier molecular flexibility index (Phi) is 4.53. The predicted octanol–water partition coefficient (Wildman–Crippen LogP) is 3.55. The third-order valence-corrected chi connectivity index (χ3v) is 6.92. The average Bonchev–Trinajstić information content (AvgIpc) is 3.09. The summed E-state index contributed by atoms with van der Waals surface area (Å²) in [6, 6.07) is 11.3. The molecule has 0 radical (unpaired) electrons. The van der Waals surface area contributed by atoms with Gasteiger partial charge in [0.2, 0.25) is 10.0 Å². The molecular weight excluding hydrogens is 389 g/mol. The van der Waals surface area contributed by atoms with Crippen LogP contribution in [0.3, 0.4) is 0 Å². The highest BCUT2D eigenvalue weighted by Gasteiger charge is 2.34. The van der Waals surface area contributed by atoms with Gasteiger partial charge in [-0.1, -0.05) is 35.9 Å². The van der Waals surface area contributed by atoms with Crippen LogP contribution >= 0.6 is 11.6 Å². The highest BCUT2D eigenvalue weighted by molar-refractivity contribution is 7.89. The smallest absolute Gasteiger partial charge is 0.243 e. The SMILES string of the molecule is Cn1cc(C2CN(S(=O)(=O)c3ccc(F)c(Cl)c3)Cc3ccccc32)cn1. The van der Waals surface area contributed by atoms with Crippen LogP contribution in [0.4, 0.5) is 4.39 Å². The maximum atomic E-state index is 13.5. The summed E-state index contributed by atoms with van der Waals surface area (Å²) in [6.45, 7) is 0.532. The second kappa shape index (κ2) is 6.74. The molecule has 0 spiro atoms. The number of fused-ring (bicyclic) bond motifs is 1. The van der Waals surface area contributed by atoms with E-state index >= 15 is 0 Å². The van der Waals surface area contributed by atoms with Gasteiger partial charge in [-0.3, -0.25) is 4.68 Å². The van der Waals surface area contributed by atoms with Crippen LogP contribution in [0, 0.1) is 5.82 Å². The van der Waals surface area contributed by atoms with Crippen molar-refractivity contribution in [2.75, 3.05) is 6.54 Å². The van der Waals surface area contributed by atoms with Crippen LogP contribution in [-0.2, 0) is 23.6 Å². The Labute approximate surface area is 162 Å². The third-order valence-electron chi connectivity index (χ3n) is 4.82. The van der Waals surface area contributed by atoms with Gasteiger partial charge in [-0.25, -0.2) is 12.8 Å². The number of sulfonamides is 1. The fraction of sp³-hybridized carbons (Fsp3) is 0.211.